The Morgan fingerprint density at radius 2 is 1.73 bits per heavy atom. The van der Waals surface area contributed by atoms with E-state index in [1.807, 2.05) is 73.7 Å². The first-order chi connectivity index (χ1) is 14.6. The van der Waals surface area contributed by atoms with Gasteiger partial charge in [0.1, 0.15) is 6.54 Å². The number of nitrogens with zero attached hydrogens (tertiary/aromatic N) is 3. The summed E-state index contributed by atoms with van der Waals surface area (Å²) in [5.41, 5.74) is 3.41. The van der Waals surface area contributed by atoms with Gasteiger partial charge in [0.25, 0.3) is 5.56 Å². The first-order valence-electron chi connectivity index (χ1n) is 10.1. The lowest BCUT2D eigenvalue weighted by Gasteiger charge is -2.23. The Hall–Kier alpha value is -3.73. The van der Waals surface area contributed by atoms with Crippen molar-refractivity contribution in [3.63, 3.8) is 0 Å². The second-order valence-corrected chi connectivity index (χ2v) is 7.69. The summed E-state index contributed by atoms with van der Waals surface area (Å²) in [5, 5.41) is 6.71. The Bertz CT molecular complexity index is 1320. The van der Waals surface area contributed by atoms with E-state index >= 15 is 0 Å². The SMILES string of the molecule is CC1Cc2ccccc2N1C(=O)Cn1nc(-c2cccc3ccccc23)ccc1=O. The molecule has 1 aromatic heterocycles. The van der Waals surface area contributed by atoms with Crippen LogP contribution in [-0.4, -0.2) is 21.7 Å². The Labute approximate surface area is 174 Å². The highest BCUT2D eigenvalue weighted by molar-refractivity contribution is 5.97. The quantitative estimate of drug-likeness (QED) is 0.526. The fourth-order valence-corrected chi connectivity index (χ4v) is 4.30. The van der Waals surface area contributed by atoms with Crippen molar-refractivity contribution in [1.82, 2.24) is 9.78 Å². The highest BCUT2D eigenvalue weighted by Crippen LogP contribution is 2.32. The second kappa shape index (κ2) is 7.26. The molecule has 5 nitrogen and oxygen atoms in total. The predicted molar refractivity (Wildman–Crippen MR) is 119 cm³/mol. The van der Waals surface area contributed by atoms with Crippen LogP contribution in [0.4, 0.5) is 5.69 Å². The highest BCUT2D eigenvalue weighted by Gasteiger charge is 2.30. The maximum absolute atomic E-state index is 13.1. The Morgan fingerprint density at radius 1 is 0.967 bits per heavy atom. The summed E-state index contributed by atoms with van der Waals surface area (Å²) in [6, 6.07) is 25.3. The minimum absolute atomic E-state index is 0.0619. The summed E-state index contributed by atoms with van der Waals surface area (Å²) >= 11 is 0. The molecular weight excluding hydrogens is 374 g/mol. The third-order valence-electron chi connectivity index (χ3n) is 5.69. The first kappa shape index (κ1) is 18.3. The molecule has 0 saturated heterocycles. The molecule has 1 unspecified atom stereocenters. The van der Waals surface area contributed by atoms with E-state index in [0.29, 0.717) is 5.69 Å². The van der Waals surface area contributed by atoms with Gasteiger partial charge in [0.15, 0.2) is 0 Å². The number of amides is 1. The van der Waals surface area contributed by atoms with Gasteiger partial charge in [-0.1, -0.05) is 60.7 Å². The summed E-state index contributed by atoms with van der Waals surface area (Å²) in [6.45, 7) is 1.94. The summed E-state index contributed by atoms with van der Waals surface area (Å²) in [7, 11) is 0. The molecule has 0 aliphatic carbocycles. The van der Waals surface area contributed by atoms with Gasteiger partial charge in [0.2, 0.25) is 5.91 Å². The fraction of sp³-hybridized carbons (Fsp3) is 0.160. The standard InChI is InChI=1S/C25H21N3O2/c1-17-15-19-8-3-5-12-23(19)28(17)25(30)16-27-24(29)14-13-22(26-27)21-11-6-9-18-7-2-4-10-20(18)21/h2-14,17H,15-16H2,1H3. The molecule has 1 aliphatic heterocycles. The summed E-state index contributed by atoms with van der Waals surface area (Å²) in [6.07, 6.45) is 0.820. The number of hydrogen-bond acceptors (Lipinski definition) is 3. The zero-order valence-corrected chi connectivity index (χ0v) is 16.7. The molecule has 4 aromatic rings. The third-order valence-corrected chi connectivity index (χ3v) is 5.69. The van der Waals surface area contributed by atoms with E-state index in [-0.39, 0.29) is 24.1 Å². The zero-order chi connectivity index (χ0) is 20.7. The summed E-state index contributed by atoms with van der Waals surface area (Å²) in [4.78, 5) is 27.4. The molecule has 0 saturated carbocycles. The molecular formula is C25H21N3O2. The van der Waals surface area contributed by atoms with Gasteiger partial charge in [-0.15, -0.1) is 0 Å². The van der Waals surface area contributed by atoms with Crippen molar-refractivity contribution in [3.05, 3.63) is 94.8 Å². The van der Waals surface area contributed by atoms with Gasteiger partial charge in [-0.05, 0) is 41.8 Å². The molecule has 1 amide bonds. The second-order valence-electron chi connectivity index (χ2n) is 7.69. The molecule has 148 valence electrons. The van der Waals surface area contributed by atoms with E-state index in [4.69, 9.17) is 0 Å². The number of benzene rings is 3. The van der Waals surface area contributed by atoms with Crippen LogP contribution in [0.2, 0.25) is 0 Å². The van der Waals surface area contributed by atoms with Crippen LogP contribution in [0.15, 0.2) is 83.7 Å². The molecule has 3 aromatic carbocycles. The van der Waals surface area contributed by atoms with Gasteiger partial charge >= 0.3 is 0 Å². The lowest BCUT2D eigenvalue weighted by atomic mass is 10.0. The molecule has 0 fully saturated rings. The lowest BCUT2D eigenvalue weighted by Crippen LogP contribution is -2.40. The number of rotatable bonds is 3. The zero-order valence-electron chi connectivity index (χ0n) is 16.7. The number of para-hydroxylation sites is 1. The largest absolute Gasteiger partial charge is 0.307 e. The molecule has 2 heterocycles. The monoisotopic (exact) mass is 395 g/mol. The number of carbonyl (C=O) groups is 1. The normalized spacial score (nSPS) is 15.4. The molecule has 0 spiro atoms. The molecule has 0 radical (unpaired) electrons. The average molecular weight is 395 g/mol. The molecule has 30 heavy (non-hydrogen) atoms. The number of aromatic nitrogens is 2. The van der Waals surface area contributed by atoms with Crippen LogP contribution in [0, 0.1) is 0 Å². The highest BCUT2D eigenvalue weighted by atomic mass is 16.2. The van der Waals surface area contributed by atoms with Crippen LogP contribution in [0.1, 0.15) is 12.5 Å². The molecule has 5 heteroatoms. The number of anilines is 1. The predicted octanol–water partition coefficient (Wildman–Crippen LogP) is 4.04. The third kappa shape index (κ3) is 3.08. The van der Waals surface area contributed by atoms with Crippen LogP contribution in [0.25, 0.3) is 22.0 Å². The van der Waals surface area contributed by atoms with E-state index in [1.54, 1.807) is 11.0 Å². The van der Waals surface area contributed by atoms with Crippen LogP contribution in [-0.2, 0) is 17.8 Å². The Balaban J connectivity index is 1.50. The van der Waals surface area contributed by atoms with E-state index in [0.717, 1.165) is 34.0 Å². The van der Waals surface area contributed by atoms with E-state index in [9.17, 15) is 9.59 Å². The van der Waals surface area contributed by atoms with Crippen molar-refractivity contribution in [2.24, 2.45) is 0 Å². The minimum atomic E-state index is -0.285. The van der Waals surface area contributed by atoms with E-state index in [1.165, 1.54) is 10.7 Å². The summed E-state index contributed by atoms with van der Waals surface area (Å²) in [5.74, 6) is -0.128. The van der Waals surface area contributed by atoms with Crippen molar-refractivity contribution in [2.45, 2.75) is 25.9 Å². The van der Waals surface area contributed by atoms with Gasteiger partial charge in [-0.3, -0.25) is 9.59 Å². The van der Waals surface area contributed by atoms with Crippen LogP contribution >= 0.6 is 0 Å². The van der Waals surface area contributed by atoms with E-state index in [2.05, 4.69) is 5.10 Å². The molecule has 0 bridgehead atoms. The molecule has 1 aliphatic rings. The maximum Gasteiger partial charge on any atom is 0.267 e. The molecule has 5 rings (SSSR count). The van der Waals surface area contributed by atoms with Crippen LogP contribution in [0.5, 0.6) is 0 Å². The Morgan fingerprint density at radius 3 is 2.63 bits per heavy atom. The Kier molecular flexibility index (Phi) is 4.43. The smallest absolute Gasteiger partial charge is 0.267 e. The first-order valence-corrected chi connectivity index (χ1v) is 10.1. The van der Waals surface area contributed by atoms with Crippen molar-refractivity contribution in [1.29, 1.82) is 0 Å². The maximum atomic E-state index is 13.1. The number of hydrogen-bond donors (Lipinski definition) is 0. The fourth-order valence-electron chi connectivity index (χ4n) is 4.30. The average Bonchev–Trinajstić information content (AvgIpc) is 3.10. The van der Waals surface area contributed by atoms with Crippen molar-refractivity contribution >= 4 is 22.4 Å². The van der Waals surface area contributed by atoms with Gasteiger partial charge in [-0.2, -0.15) is 5.10 Å². The van der Waals surface area contributed by atoms with Gasteiger partial charge in [0, 0.05) is 23.4 Å². The lowest BCUT2D eigenvalue weighted by molar-refractivity contribution is -0.119. The van der Waals surface area contributed by atoms with Gasteiger partial charge < -0.3 is 4.90 Å². The number of fused-ring (bicyclic) bond motifs is 2. The number of carbonyl (C=O) groups excluding carboxylic acids is 1. The van der Waals surface area contributed by atoms with Gasteiger partial charge in [-0.25, -0.2) is 4.68 Å². The van der Waals surface area contributed by atoms with Crippen molar-refractivity contribution in [3.8, 4) is 11.3 Å². The minimum Gasteiger partial charge on any atom is -0.307 e. The van der Waals surface area contributed by atoms with E-state index < -0.39 is 0 Å². The van der Waals surface area contributed by atoms with Crippen LogP contribution < -0.4 is 10.5 Å². The van der Waals surface area contributed by atoms with Crippen LogP contribution in [0.3, 0.4) is 0 Å². The molecule has 1 atom stereocenters. The topological polar surface area (TPSA) is 55.2 Å². The molecule has 0 N–H and O–H groups in total. The van der Waals surface area contributed by atoms with Gasteiger partial charge in [0.05, 0.1) is 5.69 Å². The summed E-state index contributed by atoms with van der Waals surface area (Å²) < 4.78 is 1.27. The van der Waals surface area contributed by atoms with Crippen molar-refractivity contribution in [2.75, 3.05) is 4.90 Å². The van der Waals surface area contributed by atoms with Crippen molar-refractivity contribution < 1.29 is 4.79 Å².